The maximum absolute atomic E-state index is 6.06. The summed E-state index contributed by atoms with van der Waals surface area (Å²) in [5.41, 5.74) is 2.47. The van der Waals surface area contributed by atoms with Crippen molar-refractivity contribution in [2.45, 2.75) is 6.54 Å². The summed E-state index contributed by atoms with van der Waals surface area (Å²) in [5, 5.41) is 12.0. The summed E-state index contributed by atoms with van der Waals surface area (Å²) < 4.78 is 12.3. The van der Waals surface area contributed by atoms with Crippen LogP contribution in [0.1, 0.15) is 5.56 Å². The second kappa shape index (κ2) is 9.14. The Morgan fingerprint density at radius 1 is 1.07 bits per heavy atom. The molecule has 0 saturated heterocycles. The minimum atomic E-state index is 0.414. The van der Waals surface area contributed by atoms with Gasteiger partial charge in [-0.25, -0.2) is 0 Å². The Labute approximate surface area is 178 Å². The van der Waals surface area contributed by atoms with Crippen LogP contribution in [-0.2, 0) is 6.54 Å². The Morgan fingerprint density at radius 3 is 2.61 bits per heavy atom. The van der Waals surface area contributed by atoms with Crippen LogP contribution in [0, 0.1) is 0 Å². The number of thiocarbonyl (C=S) groups is 1. The third-order valence-electron chi connectivity index (χ3n) is 3.88. The van der Waals surface area contributed by atoms with Gasteiger partial charge >= 0.3 is 0 Å². The molecule has 0 saturated carbocycles. The lowest BCUT2D eigenvalue weighted by Gasteiger charge is -2.13. The van der Waals surface area contributed by atoms with Gasteiger partial charge in [0.05, 0.1) is 48.4 Å². The third kappa shape index (κ3) is 5.07. The third-order valence-corrected chi connectivity index (χ3v) is 4.82. The van der Waals surface area contributed by atoms with Crippen molar-refractivity contribution in [2.24, 2.45) is 0 Å². The van der Waals surface area contributed by atoms with Gasteiger partial charge in [0, 0.05) is 12.3 Å². The first-order valence-electron chi connectivity index (χ1n) is 8.25. The molecule has 9 heteroatoms. The monoisotopic (exact) mass is 436 g/mol. The molecule has 2 aromatic carbocycles. The van der Waals surface area contributed by atoms with Crippen LogP contribution in [0.3, 0.4) is 0 Å². The van der Waals surface area contributed by atoms with Crippen LogP contribution in [0.2, 0.25) is 10.0 Å². The minimum absolute atomic E-state index is 0.414. The molecule has 6 nitrogen and oxygen atoms in total. The second-order valence-corrected chi connectivity index (χ2v) is 7.04. The molecular weight excluding hydrogens is 419 g/mol. The van der Waals surface area contributed by atoms with E-state index < -0.39 is 0 Å². The summed E-state index contributed by atoms with van der Waals surface area (Å²) in [7, 11) is 3.19. The molecule has 0 aliphatic carbocycles. The van der Waals surface area contributed by atoms with Crippen molar-refractivity contribution < 1.29 is 9.47 Å². The first kappa shape index (κ1) is 20.3. The number of hydrogen-bond donors (Lipinski definition) is 2. The quantitative estimate of drug-likeness (QED) is 0.526. The lowest BCUT2D eigenvalue weighted by Crippen LogP contribution is -2.19. The average Bonchev–Trinajstić information content (AvgIpc) is 3.11. The van der Waals surface area contributed by atoms with Crippen LogP contribution in [0.5, 0.6) is 11.5 Å². The smallest absolute Gasteiger partial charge is 0.175 e. The van der Waals surface area contributed by atoms with Gasteiger partial charge in [-0.3, -0.25) is 4.68 Å². The molecule has 28 heavy (non-hydrogen) atoms. The van der Waals surface area contributed by atoms with E-state index in [9.17, 15) is 0 Å². The van der Waals surface area contributed by atoms with Crippen LogP contribution in [0.25, 0.3) is 0 Å². The highest BCUT2D eigenvalue weighted by Gasteiger charge is 2.08. The number of hydrogen-bond acceptors (Lipinski definition) is 4. The molecule has 0 amide bonds. The molecule has 0 aliphatic heterocycles. The first-order valence-corrected chi connectivity index (χ1v) is 9.41. The summed E-state index contributed by atoms with van der Waals surface area (Å²) in [6, 6.07) is 10.9. The van der Waals surface area contributed by atoms with Crippen molar-refractivity contribution in [1.82, 2.24) is 9.78 Å². The second-order valence-electron chi connectivity index (χ2n) is 5.82. The fourth-order valence-electron chi connectivity index (χ4n) is 2.53. The Kier molecular flexibility index (Phi) is 6.61. The van der Waals surface area contributed by atoms with Gasteiger partial charge in [-0.05, 0) is 42.0 Å². The minimum Gasteiger partial charge on any atom is -0.497 e. The number of nitrogens with one attached hydrogen (secondary N) is 2. The largest absolute Gasteiger partial charge is 0.497 e. The fraction of sp³-hybridized carbons (Fsp3) is 0.158. The molecule has 0 unspecified atom stereocenters. The van der Waals surface area contributed by atoms with E-state index in [1.807, 2.05) is 30.5 Å². The number of anilines is 2. The molecular formula is C19H18Cl2N4O2S. The molecule has 0 bridgehead atoms. The van der Waals surface area contributed by atoms with Crippen molar-refractivity contribution in [1.29, 1.82) is 0 Å². The average molecular weight is 437 g/mol. The number of rotatable bonds is 6. The van der Waals surface area contributed by atoms with Crippen LogP contribution < -0.4 is 20.1 Å². The lowest BCUT2D eigenvalue weighted by molar-refractivity contribution is 0.395. The highest BCUT2D eigenvalue weighted by Crippen LogP contribution is 2.29. The number of benzene rings is 2. The van der Waals surface area contributed by atoms with Crippen molar-refractivity contribution in [3.63, 3.8) is 0 Å². The molecule has 3 rings (SSSR count). The first-order chi connectivity index (χ1) is 13.5. The van der Waals surface area contributed by atoms with Gasteiger partial charge in [-0.1, -0.05) is 29.3 Å². The van der Waals surface area contributed by atoms with Gasteiger partial charge in [0.25, 0.3) is 0 Å². The highest BCUT2D eigenvalue weighted by atomic mass is 35.5. The molecule has 1 aromatic heterocycles. The van der Waals surface area contributed by atoms with Gasteiger partial charge in [0.2, 0.25) is 0 Å². The van der Waals surface area contributed by atoms with Crippen LogP contribution in [0.4, 0.5) is 11.4 Å². The van der Waals surface area contributed by atoms with Gasteiger partial charge in [-0.15, -0.1) is 0 Å². The maximum Gasteiger partial charge on any atom is 0.175 e. The summed E-state index contributed by atoms with van der Waals surface area (Å²) in [4.78, 5) is 0. The van der Waals surface area contributed by atoms with Crippen molar-refractivity contribution >= 4 is 51.9 Å². The van der Waals surface area contributed by atoms with Crippen molar-refractivity contribution in [2.75, 3.05) is 24.9 Å². The van der Waals surface area contributed by atoms with E-state index in [1.54, 1.807) is 37.2 Å². The van der Waals surface area contributed by atoms with Crippen molar-refractivity contribution in [3.8, 4) is 11.5 Å². The molecule has 0 spiro atoms. The predicted octanol–water partition coefficient (Wildman–Crippen LogP) is 5.06. The molecule has 0 aliphatic rings. The SMILES string of the molecule is COc1ccc(NC(=S)Nc2cnn(Cc3ccc(Cl)c(Cl)c3)c2)c(OC)c1. The number of nitrogens with zero attached hydrogens (tertiary/aromatic N) is 2. The number of aromatic nitrogens is 2. The van der Waals surface area contributed by atoms with E-state index >= 15 is 0 Å². The molecule has 3 aromatic rings. The Morgan fingerprint density at radius 2 is 1.89 bits per heavy atom. The predicted molar refractivity (Wildman–Crippen MR) is 117 cm³/mol. The van der Waals surface area contributed by atoms with Crippen LogP contribution >= 0.6 is 35.4 Å². The summed E-state index contributed by atoms with van der Waals surface area (Å²) in [5.74, 6) is 1.32. The lowest BCUT2D eigenvalue weighted by atomic mass is 10.2. The normalized spacial score (nSPS) is 10.4. The van der Waals surface area contributed by atoms with E-state index in [2.05, 4.69) is 15.7 Å². The molecule has 146 valence electrons. The van der Waals surface area contributed by atoms with E-state index in [0.29, 0.717) is 33.2 Å². The molecule has 0 atom stereocenters. The maximum atomic E-state index is 6.06. The van der Waals surface area contributed by atoms with E-state index in [1.165, 1.54) is 0 Å². The zero-order chi connectivity index (χ0) is 20.1. The van der Waals surface area contributed by atoms with Crippen molar-refractivity contribution in [3.05, 3.63) is 64.4 Å². The summed E-state index contributed by atoms with van der Waals surface area (Å²) >= 11 is 17.4. The van der Waals surface area contributed by atoms with Gasteiger partial charge in [0.1, 0.15) is 11.5 Å². The van der Waals surface area contributed by atoms with Gasteiger partial charge in [-0.2, -0.15) is 5.10 Å². The molecule has 1 heterocycles. The van der Waals surface area contributed by atoms with Crippen LogP contribution in [-0.4, -0.2) is 29.1 Å². The molecule has 0 radical (unpaired) electrons. The fourth-order valence-corrected chi connectivity index (χ4v) is 3.07. The zero-order valence-electron chi connectivity index (χ0n) is 15.2. The number of methoxy groups -OCH3 is 2. The van der Waals surface area contributed by atoms with E-state index in [0.717, 1.165) is 16.9 Å². The Hall–Kier alpha value is -2.48. The number of halogens is 2. The molecule has 0 fully saturated rings. The Bertz CT molecular complexity index is 994. The molecule has 2 N–H and O–H groups in total. The van der Waals surface area contributed by atoms with Crippen LogP contribution in [0.15, 0.2) is 48.8 Å². The summed E-state index contributed by atoms with van der Waals surface area (Å²) in [6.07, 6.45) is 3.54. The number of ether oxygens (including phenoxy) is 2. The van der Waals surface area contributed by atoms with E-state index in [-0.39, 0.29) is 0 Å². The standard InChI is InChI=1S/C19H18Cl2N4O2S/c1-26-14-4-6-17(18(8-14)27-2)24-19(28)23-13-9-22-25(11-13)10-12-3-5-15(20)16(21)7-12/h3-9,11H,10H2,1-2H3,(H2,23,24,28). The highest BCUT2D eigenvalue weighted by molar-refractivity contribution is 7.80. The topological polar surface area (TPSA) is 60.3 Å². The zero-order valence-corrected chi connectivity index (χ0v) is 17.5. The summed E-state index contributed by atoms with van der Waals surface area (Å²) in [6.45, 7) is 0.561. The van der Waals surface area contributed by atoms with Gasteiger partial charge in [0.15, 0.2) is 5.11 Å². The van der Waals surface area contributed by atoms with E-state index in [4.69, 9.17) is 44.9 Å². The van der Waals surface area contributed by atoms with Gasteiger partial charge < -0.3 is 20.1 Å². The Balaban J connectivity index is 1.63.